The first kappa shape index (κ1) is 12.6. The van der Waals surface area contributed by atoms with E-state index in [9.17, 15) is 0 Å². The molecule has 96 valence electrons. The zero-order chi connectivity index (χ0) is 13.0. The van der Waals surface area contributed by atoms with Gasteiger partial charge >= 0.3 is 0 Å². The highest BCUT2D eigenvalue weighted by atomic mass is 16.5. The average Bonchev–Trinajstić information content (AvgIpc) is 2.43. The van der Waals surface area contributed by atoms with Gasteiger partial charge in [0, 0.05) is 25.9 Å². The molecule has 0 radical (unpaired) electrons. The Bertz CT molecular complexity index is 527. The molecule has 0 fully saturated rings. The van der Waals surface area contributed by atoms with Gasteiger partial charge in [-0.3, -0.25) is 4.98 Å². The lowest BCUT2D eigenvalue weighted by atomic mass is 10.2. The summed E-state index contributed by atoms with van der Waals surface area (Å²) in [7, 11) is 3.73. The third-order valence-electron chi connectivity index (χ3n) is 3.03. The van der Waals surface area contributed by atoms with Gasteiger partial charge in [-0.1, -0.05) is 13.3 Å². The van der Waals surface area contributed by atoms with Crippen molar-refractivity contribution in [2.24, 2.45) is 0 Å². The summed E-state index contributed by atoms with van der Waals surface area (Å²) in [6, 6.07) is 3.93. The number of hydrogen-bond donors (Lipinski definition) is 0. The highest BCUT2D eigenvalue weighted by molar-refractivity contribution is 5.88. The molecule has 18 heavy (non-hydrogen) atoms. The third-order valence-corrected chi connectivity index (χ3v) is 3.03. The number of fused-ring (bicyclic) bond motifs is 1. The van der Waals surface area contributed by atoms with Gasteiger partial charge in [0.25, 0.3) is 0 Å². The van der Waals surface area contributed by atoms with Crippen LogP contribution in [0.4, 0.5) is 5.69 Å². The van der Waals surface area contributed by atoms with Crippen molar-refractivity contribution in [2.75, 3.05) is 25.6 Å². The fraction of sp³-hybridized carbons (Fsp3) is 0.429. The fourth-order valence-electron chi connectivity index (χ4n) is 1.93. The Morgan fingerprint density at radius 1 is 1.33 bits per heavy atom. The van der Waals surface area contributed by atoms with Gasteiger partial charge in [0.15, 0.2) is 0 Å². The summed E-state index contributed by atoms with van der Waals surface area (Å²) in [5.74, 6) is 0.739. The van der Waals surface area contributed by atoms with E-state index in [0.29, 0.717) is 0 Å². The molecule has 2 rings (SSSR count). The van der Waals surface area contributed by atoms with Crippen LogP contribution in [0, 0.1) is 0 Å². The molecule has 0 aliphatic rings. The van der Waals surface area contributed by atoms with Crippen LogP contribution < -0.4 is 9.64 Å². The van der Waals surface area contributed by atoms with Crippen LogP contribution in [0.3, 0.4) is 0 Å². The van der Waals surface area contributed by atoms with E-state index in [1.54, 1.807) is 13.3 Å². The zero-order valence-electron chi connectivity index (χ0n) is 11.2. The molecule has 0 aliphatic heterocycles. The minimum atomic E-state index is 0.739. The van der Waals surface area contributed by atoms with E-state index in [-0.39, 0.29) is 0 Å². The lowest BCUT2D eigenvalue weighted by Gasteiger charge is -2.20. The largest absolute Gasteiger partial charge is 0.495 e. The number of nitrogens with zero attached hydrogens (tertiary/aromatic N) is 3. The summed E-state index contributed by atoms with van der Waals surface area (Å²) >= 11 is 0. The van der Waals surface area contributed by atoms with Gasteiger partial charge in [-0.25, -0.2) is 4.98 Å². The molecule has 4 nitrogen and oxygen atoms in total. The topological polar surface area (TPSA) is 38.2 Å². The van der Waals surface area contributed by atoms with E-state index < -0.39 is 0 Å². The highest BCUT2D eigenvalue weighted by Gasteiger charge is 2.08. The lowest BCUT2D eigenvalue weighted by molar-refractivity contribution is 0.413. The molecule has 0 amide bonds. The molecule has 0 N–H and O–H groups in total. The molecule has 0 atom stereocenters. The fourth-order valence-corrected chi connectivity index (χ4v) is 1.93. The van der Waals surface area contributed by atoms with Crippen molar-refractivity contribution in [3.8, 4) is 5.75 Å². The van der Waals surface area contributed by atoms with Gasteiger partial charge in [-0.2, -0.15) is 0 Å². The minimum absolute atomic E-state index is 0.739. The number of anilines is 1. The Balaban J connectivity index is 2.39. The number of hydrogen-bond acceptors (Lipinski definition) is 4. The van der Waals surface area contributed by atoms with Crippen LogP contribution in [0.1, 0.15) is 19.8 Å². The lowest BCUT2D eigenvalue weighted by Crippen LogP contribution is -2.18. The third kappa shape index (κ3) is 2.53. The highest BCUT2D eigenvalue weighted by Crippen LogP contribution is 2.25. The summed E-state index contributed by atoms with van der Waals surface area (Å²) in [5.41, 5.74) is 2.92. The predicted octanol–water partition coefficient (Wildman–Crippen LogP) is 2.87. The molecule has 2 heterocycles. The summed E-state index contributed by atoms with van der Waals surface area (Å²) in [6.45, 7) is 3.23. The maximum atomic E-state index is 5.17. The van der Waals surface area contributed by atoms with Gasteiger partial charge in [-0.15, -0.1) is 0 Å². The van der Waals surface area contributed by atoms with Crippen molar-refractivity contribution in [3.63, 3.8) is 0 Å². The number of ether oxygens (including phenoxy) is 1. The van der Waals surface area contributed by atoms with E-state index in [2.05, 4.69) is 28.8 Å². The molecule has 0 spiro atoms. The Hall–Kier alpha value is -1.84. The Morgan fingerprint density at radius 2 is 2.17 bits per heavy atom. The van der Waals surface area contributed by atoms with E-state index in [1.807, 2.05) is 18.3 Å². The quantitative estimate of drug-likeness (QED) is 0.812. The van der Waals surface area contributed by atoms with Crippen LogP contribution in [0.2, 0.25) is 0 Å². The SMILES string of the molecule is CCCCN(C)c1ccnc2cc(OC)cnc12. The van der Waals surface area contributed by atoms with Crippen LogP contribution in [0.25, 0.3) is 11.0 Å². The first-order chi connectivity index (χ1) is 8.76. The summed E-state index contributed by atoms with van der Waals surface area (Å²) in [4.78, 5) is 11.0. The maximum Gasteiger partial charge on any atom is 0.139 e. The van der Waals surface area contributed by atoms with Crippen LogP contribution in [0.15, 0.2) is 24.5 Å². The van der Waals surface area contributed by atoms with Crippen LogP contribution in [-0.2, 0) is 0 Å². The van der Waals surface area contributed by atoms with Gasteiger partial charge in [0.2, 0.25) is 0 Å². The van der Waals surface area contributed by atoms with E-state index >= 15 is 0 Å². The monoisotopic (exact) mass is 245 g/mol. The summed E-state index contributed by atoms with van der Waals surface area (Å²) < 4.78 is 5.17. The van der Waals surface area contributed by atoms with Crippen molar-refractivity contribution < 1.29 is 4.74 Å². The molecule has 0 bridgehead atoms. The van der Waals surface area contributed by atoms with Crippen molar-refractivity contribution in [2.45, 2.75) is 19.8 Å². The standard InChI is InChI=1S/C14H19N3O/c1-4-5-8-17(2)13-6-7-15-12-9-11(18-3)10-16-14(12)13/h6-7,9-10H,4-5,8H2,1-3H3. The molecule has 0 saturated heterocycles. The van der Waals surface area contributed by atoms with E-state index in [1.165, 1.54) is 12.8 Å². The van der Waals surface area contributed by atoms with Crippen molar-refractivity contribution in [1.82, 2.24) is 9.97 Å². The van der Waals surface area contributed by atoms with E-state index in [0.717, 1.165) is 29.0 Å². The van der Waals surface area contributed by atoms with Crippen molar-refractivity contribution >= 4 is 16.7 Å². The number of methoxy groups -OCH3 is 1. The number of aromatic nitrogens is 2. The second-order valence-corrected chi connectivity index (χ2v) is 4.35. The second kappa shape index (κ2) is 5.67. The number of rotatable bonds is 5. The maximum absolute atomic E-state index is 5.17. The van der Waals surface area contributed by atoms with E-state index in [4.69, 9.17) is 4.74 Å². The summed E-state index contributed by atoms with van der Waals surface area (Å²) in [6.07, 6.45) is 5.92. The Labute approximate surface area is 108 Å². The normalized spacial score (nSPS) is 10.6. The molecular weight excluding hydrogens is 226 g/mol. The first-order valence-corrected chi connectivity index (χ1v) is 6.26. The number of pyridine rings is 2. The van der Waals surface area contributed by atoms with Crippen molar-refractivity contribution in [3.05, 3.63) is 24.5 Å². The molecule has 2 aromatic rings. The molecule has 2 aromatic heterocycles. The van der Waals surface area contributed by atoms with Gasteiger partial charge in [-0.05, 0) is 12.5 Å². The molecular formula is C14H19N3O. The number of unbranched alkanes of at least 4 members (excludes halogenated alkanes) is 1. The van der Waals surface area contributed by atoms with Crippen LogP contribution in [-0.4, -0.2) is 30.7 Å². The molecule has 4 heteroatoms. The van der Waals surface area contributed by atoms with Crippen LogP contribution in [0.5, 0.6) is 5.75 Å². The molecule has 0 unspecified atom stereocenters. The average molecular weight is 245 g/mol. The van der Waals surface area contributed by atoms with Crippen LogP contribution >= 0.6 is 0 Å². The Kier molecular flexibility index (Phi) is 3.97. The molecule has 0 aromatic carbocycles. The summed E-state index contributed by atoms with van der Waals surface area (Å²) in [5, 5.41) is 0. The smallest absolute Gasteiger partial charge is 0.139 e. The second-order valence-electron chi connectivity index (χ2n) is 4.35. The van der Waals surface area contributed by atoms with Gasteiger partial charge < -0.3 is 9.64 Å². The van der Waals surface area contributed by atoms with Gasteiger partial charge in [0.05, 0.1) is 24.5 Å². The van der Waals surface area contributed by atoms with Crippen molar-refractivity contribution in [1.29, 1.82) is 0 Å². The molecule has 0 saturated carbocycles. The first-order valence-electron chi connectivity index (χ1n) is 6.26. The molecule has 0 aliphatic carbocycles. The zero-order valence-corrected chi connectivity index (χ0v) is 11.2. The minimum Gasteiger partial charge on any atom is -0.495 e. The predicted molar refractivity (Wildman–Crippen MR) is 74.3 cm³/mol. The van der Waals surface area contributed by atoms with Gasteiger partial charge in [0.1, 0.15) is 11.3 Å². The Morgan fingerprint density at radius 3 is 2.89 bits per heavy atom.